The molecule has 1 fully saturated rings. The van der Waals surface area contributed by atoms with Gasteiger partial charge in [-0.25, -0.2) is 0 Å². The fraction of sp³-hybridized carbons (Fsp3) is 0.385. The summed E-state index contributed by atoms with van der Waals surface area (Å²) in [5, 5.41) is 12.7. The summed E-state index contributed by atoms with van der Waals surface area (Å²) in [6, 6.07) is 2.19. The average molecular weight is 291 g/mol. The first-order chi connectivity index (χ1) is 9.58. The van der Waals surface area contributed by atoms with E-state index in [0.29, 0.717) is 23.5 Å². The van der Waals surface area contributed by atoms with Crippen molar-refractivity contribution < 1.29 is 4.79 Å². The van der Waals surface area contributed by atoms with Crippen LogP contribution >= 0.6 is 11.3 Å². The fourth-order valence-electron chi connectivity index (χ4n) is 2.15. The Morgan fingerprint density at radius 3 is 3.00 bits per heavy atom. The van der Waals surface area contributed by atoms with Gasteiger partial charge in [-0.15, -0.1) is 17.9 Å². The zero-order chi connectivity index (χ0) is 14.7. The molecule has 0 saturated carbocycles. The number of hydrogen-bond acceptors (Lipinski definition) is 6. The van der Waals surface area contributed by atoms with Crippen molar-refractivity contribution in [1.82, 2.24) is 5.32 Å². The fourth-order valence-corrected chi connectivity index (χ4v) is 3.27. The van der Waals surface area contributed by atoms with Crippen LogP contribution in [0.5, 0.6) is 0 Å². The standard InChI is InChI=1S/C13H17N5OS/c1-2-4-17-12(19)11-10(16)9(6-14)13(20-11)18-5-3-8(15)7-18/h2,8H,1,3-5,7,15-16H2,(H,17,19). The van der Waals surface area contributed by atoms with Crippen LogP contribution in [0, 0.1) is 11.3 Å². The number of rotatable bonds is 4. The highest BCUT2D eigenvalue weighted by Gasteiger charge is 2.28. The molecule has 0 radical (unpaired) electrons. The van der Waals surface area contributed by atoms with Crippen molar-refractivity contribution in [1.29, 1.82) is 5.26 Å². The first-order valence-corrected chi connectivity index (χ1v) is 7.12. The van der Waals surface area contributed by atoms with Gasteiger partial charge in [0.15, 0.2) is 0 Å². The van der Waals surface area contributed by atoms with Gasteiger partial charge in [-0.05, 0) is 6.42 Å². The maximum absolute atomic E-state index is 12.0. The van der Waals surface area contributed by atoms with Crippen LogP contribution in [0.3, 0.4) is 0 Å². The molecular weight excluding hydrogens is 274 g/mol. The van der Waals surface area contributed by atoms with Crippen molar-refractivity contribution in [2.45, 2.75) is 12.5 Å². The van der Waals surface area contributed by atoms with Gasteiger partial charge in [0, 0.05) is 25.7 Å². The summed E-state index contributed by atoms with van der Waals surface area (Å²) in [6.45, 7) is 5.37. The highest BCUT2D eigenvalue weighted by atomic mass is 32.1. The largest absolute Gasteiger partial charge is 0.396 e. The van der Waals surface area contributed by atoms with E-state index >= 15 is 0 Å². The molecule has 2 heterocycles. The molecule has 1 aliphatic heterocycles. The third kappa shape index (κ3) is 2.61. The number of thiophene rings is 1. The second-order valence-electron chi connectivity index (χ2n) is 4.63. The Hall–Kier alpha value is -2.04. The van der Waals surface area contributed by atoms with Crippen molar-refractivity contribution in [2.24, 2.45) is 5.73 Å². The summed E-state index contributed by atoms with van der Waals surface area (Å²) in [5.74, 6) is -0.279. The van der Waals surface area contributed by atoms with E-state index in [-0.39, 0.29) is 17.6 Å². The summed E-state index contributed by atoms with van der Waals surface area (Å²) in [5.41, 5.74) is 12.4. The van der Waals surface area contributed by atoms with E-state index in [0.717, 1.165) is 18.0 Å². The molecule has 0 bridgehead atoms. The minimum atomic E-state index is -0.279. The molecule has 7 heteroatoms. The molecule has 0 aromatic carbocycles. The molecule has 1 aromatic heterocycles. The number of nitrogens with two attached hydrogens (primary N) is 2. The van der Waals surface area contributed by atoms with Gasteiger partial charge in [0.2, 0.25) is 0 Å². The lowest BCUT2D eigenvalue weighted by molar-refractivity contribution is 0.0963. The van der Waals surface area contributed by atoms with Crippen LogP contribution in [-0.2, 0) is 0 Å². The molecule has 1 aliphatic rings. The molecule has 0 aliphatic carbocycles. The third-order valence-corrected chi connectivity index (χ3v) is 4.43. The Morgan fingerprint density at radius 2 is 2.45 bits per heavy atom. The highest BCUT2D eigenvalue weighted by molar-refractivity contribution is 7.19. The Labute approximate surface area is 121 Å². The molecule has 106 valence electrons. The molecule has 0 spiro atoms. The Balaban J connectivity index is 2.32. The van der Waals surface area contributed by atoms with E-state index in [4.69, 9.17) is 11.5 Å². The number of nitrogens with zero attached hydrogens (tertiary/aromatic N) is 2. The number of hydrogen-bond donors (Lipinski definition) is 3. The number of carbonyl (C=O) groups excluding carboxylic acids is 1. The van der Waals surface area contributed by atoms with Crippen LogP contribution < -0.4 is 21.7 Å². The van der Waals surface area contributed by atoms with Gasteiger partial charge in [0.1, 0.15) is 21.5 Å². The van der Waals surface area contributed by atoms with E-state index in [1.54, 1.807) is 6.08 Å². The van der Waals surface area contributed by atoms with Crippen molar-refractivity contribution in [3.63, 3.8) is 0 Å². The Kier molecular flexibility index (Phi) is 4.27. The molecular formula is C13H17N5OS. The van der Waals surface area contributed by atoms with Crippen LogP contribution in [-0.4, -0.2) is 31.6 Å². The molecule has 1 saturated heterocycles. The first-order valence-electron chi connectivity index (χ1n) is 6.30. The highest BCUT2D eigenvalue weighted by Crippen LogP contribution is 2.39. The van der Waals surface area contributed by atoms with Gasteiger partial charge in [-0.2, -0.15) is 5.26 Å². The molecule has 5 N–H and O–H groups in total. The van der Waals surface area contributed by atoms with Crippen LogP contribution in [0.4, 0.5) is 10.7 Å². The minimum Gasteiger partial charge on any atom is -0.396 e. The maximum Gasteiger partial charge on any atom is 0.263 e. The normalized spacial score (nSPS) is 17.8. The second-order valence-corrected chi connectivity index (χ2v) is 5.63. The summed E-state index contributed by atoms with van der Waals surface area (Å²) in [7, 11) is 0. The molecule has 1 aromatic rings. The lowest BCUT2D eigenvalue weighted by Gasteiger charge is -2.15. The van der Waals surface area contributed by atoms with Gasteiger partial charge in [0.05, 0.1) is 5.69 Å². The van der Waals surface area contributed by atoms with E-state index < -0.39 is 0 Å². The van der Waals surface area contributed by atoms with E-state index in [1.165, 1.54) is 11.3 Å². The van der Waals surface area contributed by atoms with Gasteiger partial charge in [-0.1, -0.05) is 6.08 Å². The van der Waals surface area contributed by atoms with Crippen LogP contribution in [0.1, 0.15) is 21.7 Å². The molecule has 6 nitrogen and oxygen atoms in total. The minimum absolute atomic E-state index is 0.0999. The zero-order valence-corrected chi connectivity index (χ0v) is 11.9. The van der Waals surface area contributed by atoms with Crippen LogP contribution in [0.15, 0.2) is 12.7 Å². The number of nitrogen functional groups attached to an aromatic ring is 1. The summed E-state index contributed by atoms with van der Waals surface area (Å²) in [6.07, 6.45) is 2.47. The molecule has 1 atom stereocenters. The number of nitrogens with one attached hydrogen (secondary N) is 1. The summed E-state index contributed by atoms with van der Waals surface area (Å²) in [4.78, 5) is 14.4. The van der Waals surface area contributed by atoms with Crippen molar-refractivity contribution in [2.75, 3.05) is 30.3 Å². The predicted octanol–water partition coefficient (Wildman–Crippen LogP) is 0.655. The summed E-state index contributed by atoms with van der Waals surface area (Å²) < 4.78 is 0. The number of amides is 1. The number of nitriles is 1. The summed E-state index contributed by atoms with van der Waals surface area (Å²) >= 11 is 1.25. The SMILES string of the molecule is C=CCNC(=O)c1sc(N2CCC(N)C2)c(C#N)c1N. The monoisotopic (exact) mass is 291 g/mol. The van der Waals surface area contributed by atoms with Crippen LogP contribution in [0.25, 0.3) is 0 Å². The van der Waals surface area contributed by atoms with Gasteiger partial charge < -0.3 is 21.7 Å². The predicted molar refractivity (Wildman–Crippen MR) is 80.8 cm³/mol. The topological polar surface area (TPSA) is 108 Å². The van der Waals surface area contributed by atoms with E-state index in [9.17, 15) is 10.1 Å². The average Bonchev–Trinajstić information content (AvgIpc) is 2.99. The quantitative estimate of drug-likeness (QED) is 0.706. The molecule has 20 heavy (non-hydrogen) atoms. The van der Waals surface area contributed by atoms with E-state index in [1.807, 2.05) is 4.90 Å². The third-order valence-electron chi connectivity index (χ3n) is 3.16. The number of carbonyl (C=O) groups is 1. The van der Waals surface area contributed by atoms with Crippen molar-refractivity contribution >= 4 is 27.9 Å². The molecule has 1 unspecified atom stereocenters. The lowest BCUT2D eigenvalue weighted by Crippen LogP contribution is -2.26. The van der Waals surface area contributed by atoms with Gasteiger partial charge >= 0.3 is 0 Å². The van der Waals surface area contributed by atoms with Gasteiger partial charge in [0.25, 0.3) is 5.91 Å². The van der Waals surface area contributed by atoms with Crippen LogP contribution in [0.2, 0.25) is 0 Å². The molecule has 1 amide bonds. The van der Waals surface area contributed by atoms with Crippen molar-refractivity contribution in [3.8, 4) is 6.07 Å². The maximum atomic E-state index is 12.0. The van der Waals surface area contributed by atoms with Gasteiger partial charge in [-0.3, -0.25) is 4.79 Å². The molecule has 2 rings (SSSR count). The zero-order valence-electron chi connectivity index (χ0n) is 11.1. The lowest BCUT2D eigenvalue weighted by atomic mass is 10.2. The Morgan fingerprint density at radius 1 is 1.70 bits per heavy atom. The Bertz CT molecular complexity index is 574. The van der Waals surface area contributed by atoms with E-state index in [2.05, 4.69) is 18.0 Å². The smallest absolute Gasteiger partial charge is 0.263 e. The number of anilines is 2. The second kappa shape index (κ2) is 5.94. The van der Waals surface area contributed by atoms with Crippen molar-refractivity contribution in [3.05, 3.63) is 23.1 Å². The first kappa shape index (κ1) is 14.4.